The van der Waals surface area contributed by atoms with Gasteiger partial charge in [-0.2, -0.15) is 0 Å². The minimum atomic E-state index is -0.332. The number of methoxy groups -OCH3 is 1. The number of thiophene rings is 1. The smallest absolute Gasteiger partial charge is 0.341 e. The third kappa shape index (κ3) is 3.69. The molecule has 0 fully saturated rings. The van der Waals surface area contributed by atoms with Crippen molar-refractivity contribution in [3.8, 4) is 0 Å². The Morgan fingerprint density at radius 2 is 2.12 bits per heavy atom. The van der Waals surface area contributed by atoms with E-state index in [2.05, 4.69) is 15.8 Å². The van der Waals surface area contributed by atoms with Crippen LogP contribution in [0, 0.1) is 0 Å². The van der Waals surface area contributed by atoms with Crippen molar-refractivity contribution in [2.24, 2.45) is 0 Å². The highest BCUT2D eigenvalue weighted by molar-refractivity contribution is 7.80. The van der Waals surface area contributed by atoms with E-state index in [1.54, 1.807) is 11.3 Å². The monoisotopic (exact) mass is 379 g/mol. The molecule has 2 aromatic heterocycles. The molecule has 2 heterocycles. The highest BCUT2D eigenvalue weighted by Gasteiger charge is 2.27. The van der Waals surface area contributed by atoms with Crippen LogP contribution in [0.3, 0.4) is 0 Å². The lowest BCUT2D eigenvalue weighted by molar-refractivity contribution is 0.0601. The minimum Gasteiger partial charge on any atom is -0.465 e. The maximum Gasteiger partial charge on any atom is 0.341 e. The number of ether oxygens (including phenoxy) is 1. The zero-order chi connectivity index (χ0) is 18.2. The number of carbonyl (C=O) groups excluding carboxylic acids is 1. The number of aromatic nitrogens is 1. The van der Waals surface area contributed by atoms with Gasteiger partial charge in [0, 0.05) is 16.4 Å². The van der Waals surface area contributed by atoms with Crippen molar-refractivity contribution < 1.29 is 14.1 Å². The van der Waals surface area contributed by atoms with Gasteiger partial charge in [0.1, 0.15) is 10.8 Å². The Morgan fingerprint density at radius 1 is 1.36 bits per heavy atom. The van der Waals surface area contributed by atoms with Crippen LogP contribution in [0.5, 0.6) is 0 Å². The van der Waals surface area contributed by atoms with E-state index in [4.69, 9.17) is 21.5 Å². The molecule has 0 saturated carbocycles. The number of thiocarbonyl (C=S) groups is 1. The molecule has 0 radical (unpaired) electrons. The fraction of sp³-hybridized carbons (Fsp3) is 0.471. The van der Waals surface area contributed by atoms with Crippen molar-refractivity contribution in [3.63, 3.8) is 0 Å². The molecule has 0 saturated heterocycles. The lowest BCUT2D eigenvalue weighted by Gasteiger charge is -2.12. The van der Waals surface area contributed by atoms with Gasteiger partial charge in [-0.3, -0.25) is 0 Å². The number of hydrogen-bond acceptors (Lipinski definition) is 6. The van der Waals surface area contributed by atoms with Gasteiger partial charge in [0.05, 0.1) is 12.7 Å². The summed E-state index contributed by atoms with van der Waals surface area (Å²) in [6, 6.07) is 1.82. The van der Waals surface area contributed by atoms with Gasteiger partial charge in [0.2, 0.25) is 0 Å². The highest BCUT2D eigenvalue weighted by atomic mass is 32.1. The van der Waals surface area contributed by atoms with E-state index < -0.39 is 0 Å². The van der Waals surface area contributed by atoms with Crippen molar-refractivity contribution in [1.82, 2.24) is 5.16 Å². The summed E-state index contributed by atoms with van der Waals surface area (Å²) in [5.74, 6) is 0.968. The molecule has 25 heavy (non-hydrogen) atoms. The first kappa shape index (κ1) is 17.9. The number of nitrogens with zero attached hydrogens (tertiary/aromatic N) is 1. The molecule has 0 unspecified atom stereocenters. The summed E-state index contributed by atoms with van der Waals surface area (Å²) < 4.78 is 10.3. The number of fused-ring (bicyclic) bond motifs is 1. The summed E-state index contributed by atoms with van der Waals surface area (Å²) in [5, 5.41) is 11.2. The van der Waals surface area contributed by atoms with Crippen LogP contribution in [-0.2, 0) is 23.0 Å². The van der Waals surface area contributed by atoms with Crippen LogP contribution >= 0.6 is 23.6 Å². The van der Waals surface area contributed by atoms with Crippen molar-refractivity contribution >= 4 is 45.5 Å². The standard InChI is InChI=1S/C17H21N3O3S2/c1-17(2,3)11-8-12(20-23-11)18-16(24)19-14-13(15(21)22-4)9-6-5-7-10(9)25-14/h8H,5-7H2,1-4H3,(H2,18,19,20,24). The van der Waals surface area contributed by atoms with Gasteiger partial charge in [-0.1, -0.05) is 25.9 Å². The van der Waals surface area contributed by atoms with Crippen LogP contribution in [-0.4, -0.2) is 23.3 Å². The molecule has 6 nitrogen and oxygen atoms in total. The minimum absolute atomic E-state index is 0.130. The molecule has 0 bridgehead atoms. The van der Waals surface area contributed by atoms with Crippen LogP contribution in [0.4, 0.5) is 10.8 Å². The average molecular weight is 380 g/mol. The molecule has 0 amide bonds. The van der Waals surface area contributed by atoms with E-state index in [0.29, 0.717) is 21.5 Å². The summed E-state index contributed by atoms with van der Waals surface area (Å²) in [5.41, 5.74) is 1.55. The third-order valence-electron chi connectivity index (χ3n) is 4.03. The lowest BCUT2D eigenvalue weighted by Crippen LogP contribution is -2.20. The Labute approximate surface area is 155 Å². The van der Waals surface area contributed by atoms with Crippen LogP contribution in [0.25, 0.3) is 0 Å². The van der Waals surface area contributed by atoms with E-state index in [0.717, 1.165) is 30.6 Å². The fourth-order valence-electron chi connectivity index (χ4n) is 2.75. The Kier molecular flexibility index (Phi) is 4.83. The molecule has 8 heteroatoms. The molecule has 134 valence electrons. The van der Waals surface area contributed by atoms with Crippen LogP contribution in [0.2, 0.25) is 0 Å². The number of hydrogen-bond donors (Lipinski definition) is 2. The van der Waals surface area contributed by atoms with Gasteiger partial charge in [0.25, 0.3) is 0 Å². The number of aryl methyl sites for hydroxylation is 1. The number of rotatable bonds is 3. The maximum atomic E-state index is 12.2. The summed E-state index contributed by atoms with van der Waals surface area (Å²) in [7, 11) is 1.39. The first-order valence-electron chi connectivity index (χ1n) is 8.07. The quantitative estimate of drug-likeness (QED) is 0.614. The molecule has 1 aliphatic rings. The Bertz CT molecular complexity index is 818. The van der Waals surface area contributed by atoms with Crippen LogP contribution < -0.4 is 10.6 Å². The largest absolute Gasteiger partial charge is 0.465 e. The zero-order valence-electron chi connectivity index (χ0n) is 14.7. The van der Waals surface area contributed by atoms with Crippen LogP contribution in [0.1, 0.15) is 53.8 Å². The fourth-order valence-corrected chi connectivity index (χ4v) is 4.30. The van der Waals surface area contributed by atoms with Crippen LogP contribution in [0.15, 0.2) is 10.6 Å². The Balaban J connectivity index is 1.75. The first-order valence-corrected chi connectivity index (χ1v) is 9.30. The molecule has 0 spiro atoms. The normalized spacial score (nSPS) is 13.4. The van der Waals surface area contributed by atoms with Crippen molar-refractivity contribution in [2.75, 3.05) is 17.7 Å². The molecule has 0 aliphatic heterocycles. The molecule has 0 aromatic carbocycles. The van der Waals surface area contributed by atoms with Gasteiger partial charge >= 0.3 is 5.97 Å². The topological polar surface area (TPSA) is 76.4 Å². The van der Waals surface area contributed by atoms with Gasteiger partial charge in [-0.25, -0.2) is 4.79 Å². The number of esters is 1. The van der Waals surface area contributed by atoms with Gasteiger partial charge < -0.3 is 19.9 Å². The van der Waals surface area contributed by atoms with Crippen molar-refractivity contribution in [2.45, 2.75) is 45.4 Å². The van der Waals surface area contributed by atoms with E-state index in [1.165, 1.54) is 12.0 Å². The molecule has 1 aliphatic carbocycles. The first-order chi connectivity index (χ1) is 11.8. The zero-order valence-corrected chi connectivity index (χ0v) is 16.3. The summed E-state index contributed by atoms with van der Waals surface area (Å²) in [6.45, 7) is 6.14. The number of carbonyl (C=O) groups is 1. The van der Waals surface area contributed by atoms with E-state index in [1.807, 2.05) is 26.8 Å². The van der Waals surface area contributed by atoms with Gasteiger partial charge in [0.15, 0.2) is 10.9 Å². The molecule has 3 rings (SSSR count). The lowest BCUT2D eigenvalue weighted by atomic mass is 9.93. The number of anilines is 2. The van der Waals surface area contributed by atoms with Crippen molar-refractivity contribution in [3.05, 3.63) is 27.8 Å². The molecular formula is C17H21N3O3S2. The van der Waals surface area contributed by atoms with E-state index >= 15 is 0 Å². The predicted octanol–water partition coefficient (Wildman–Crippen LogP) is 4.12. The summed E-state index contributed by atoms with van der Waals surface area (Å²) in [6.07, 6.45) is 2.96. The second-order valence-electron chi connectivity index (χ2n) is 6.96. The van der Waals surface area contributed by atoms with Crippen molar-refractivity contribution in [1.29, 1.82) is 0 Å². The highest BCUT2D eigenvalue weighted by Crippen LogP contribution is 2.39. The van der Waals surface area contributed by atoms with E-state index in [-0.39, 0.29) is 11.4 Å². The molecule has 2 aromatic rings. The second kappa shape index (κ2) is 6.76. The number of nitrogens with one attached hydrogen (secondary N) is 2. The van der Waals surface area contributed by atoms with Gasteiger partial charge in [-0.05, 0) is 37.0 Å². The van der Waals surface area contributed by atoms with Gasteiger partial charge in [-0.15, -0.1) is 11.3 Å². The molecule has 0 atom stereocenters. The second-order valence-corrected chi connectivity index (χ2v) is 8.47. The maximum absolute atomic E-state index is 12.2. The Morgan fingerprint density at radius 3 is 2.76 bits per heavy atom. The van der Waals surface area contributed by atoms with E-state index in [9.17, 15) is 4.79 Å². The Hall–Kier alpha value is -1.93. The molecular weight excluding hydrogens is 358 g/mol. The summed E-state index contributed by atoms with van der Waals surface area (Å²) in [4.78, 5) is 13.4. The average Bonchev–Trinajstić information content (AvgIpc) is 3.21. The molecule has 2 N–H and O–H groups in total. The third-order valence-corrected chi connectivity index (χ3v) is 5.44. The SMILES string of the molecule is COC(=O)c1c(NC(=S)Nc2cc(C(C)(C)C)on2)sc2c1CCC2. The predicted molar refractivity (Wildman–Crippen MR) is 103 cm³/mol. The summed E-state index contributed by atoms with van der Waals surface area (Å²) >= 11 is 6.92.